The summed E-state index contributed by atoms with van der Waals surface area (Å²) in [5.41, 5.74) is 12.6. The molecule has 0 spiro atoms. The molecule has 0 heterocycles. The van der Waals surface area contributed by atoms with Gasteiger partial charge in [-0.25, -0.2) is 0 Å². The molecular formula is C12H17N3O2. The smallest absolute Gasteiger partial charge is 0.323 e. The topological polar surface area (TPSA) is 102 Å². The van der Waals surface area contributed by atoms with Crippen molar-refractivity contribution in [2.75, 3.05) is 6.61 Å². The van der Waals surface area contributed by atoms with Gasteiger partial charge in [-0.05, 0) is 18.9 Å². The van der Waals surface area contributed by atoms with Crippen LogP contribution in [0.3, 0.4) is 0 Å². The van der Waals surface area contributed by atoms with Gasteiger partial charge in [-0.2, -0.15) is 0 Å². The minimum absolute atomic E-state index is 0.0197. The van der Waals surface area contributed by atoms with E-state index in [0.29, 0.717) is 18.6 Å². The normalized spacial score (nSPS) is 11.9. The molecule has 0 aliphatic heterocycles. The van der Waals surface area contributed by atoms with Gasteiger partial charge in [0.2, 0.25) is 0 Å². The highest BCUT2D eigenvalue weighted by molar-refractivity contribution is 5.94. The van der Waals surface area contributed by atoms with Crippen molar-refractivity contribution in [1.29, 1.82) is 5.41 Å². The first-order valence-corrected chi connectivity index (χ1v) is 5.40. The molecule has 1 aromatic carbocycles. The van der Waals surface area contributed by atoms with E-state index < -0.39 is 12.0 Å². The van der Waals surface area contributed by atoms with Gasteiger partial charge in [0.15, 0.2) is 0 Å². The molecule has 0 saturated carbocycles. The molecule has 0 bridgehead atoms. The number of benzene rings is 1. The van der Waals surface area contributed by atoms with Crippen LogP contribution >= 0.6 is 0 Å². The number of ether oxygens (including phenoxy) is 1. The first-order chi connectivity index (χ1) is 8.04. The molecule has 5 heteroatoms. The monoisotopic (exact) mass is 235 g/mol. The maximum atomic E-state index is 11.3. The minimum atomic E-state index is -0.655. The van der Waals surface area contributed by atoms with Crippen LogP contribution in [-0.4, -0.2) is 24.5 Å². The van der Waals surface area contributed by atoms with E-state index in [9.17, 15) is 4.79 Å². The van der Waals surface area contributed by atoms with Crippen LogP contribution < -0.4 is 11.5 Å². The predicted octanol–water partition coefficient (Wildman–Crippen LogP) is 0.404. The van der Waals surface area contributed by atoms with Crippen LogP contribution in [0, 0.1) is 5.41 Å². The van der Waals surface area contributed by atoms with Crippen molar-refractivity contribution in [3.8, 4) is 0 Å². The largest absolute Gasteiger partial charge is 0.465 e. The zero-order valence-corrected chi connectivity index (χ0v) is 9.77. The van der Waals surface area contributed by atoms with Gasteiger partial charge in [0.1, 0.15) is 11.9 Å². The van der Waals surface area contributed by atoms with Gasteiger partial charge in [0.25, 0.3) is 0 Å². The van der Waals surface area contributed by atoms with Crippen molar-refractivity contribution in [3.05, 3.63) is 35.4 Å². The summed E-state index contributed by atoms with van der Waals surface area (Å²) in [6.07, 6.45) is 0.414. The maximum absolute atomic E-state index is 11.3. The molecule has 0 aliphatic carbocycles. The Morgan fingerprint density at radius 2 is 2.00 bits per heavy atom. The molecule has 1 rings (SSSR count). The first kappa shape index (κ1) is 13.2. The molecule has 0 unspecified atom stereocenters. The summed E-state index contributed by atoms with van der Waals surface area (Å²) in [6.45, 7) is 2.07. The van der Waals surface area contributed by atoms with Gasteiger partial charge in [-0.1, -0.05) is 24.3 Å². The molecule has 17 heavy (non-hydrogen) atoms. The lowest BCUT2D eigenvalue weighted by molar-refractivity contribution is -0.144. The number of rotatable bonds is 5. The molecule has 0 fully saturated rings. The average molecular weight is 235 g/mol. The minimum Gasteiger partial charge on any atom is -0.465 e. The van der Waals surface area contributed by atoms with Crippen molar-refractivity contribution >= 4 is 11.8 Å². The van der Waals surface area contributed by atoms with Gasteiger partial charge in [0, 0.05) is 5.56 Å². The highest BCUT2D eigenvalue weighted by atomic mass is 16.5. The van der Waals surface area contributed by atoms with Crippen LogP contribution in [-0.2, 0) is 16.0 Å². The molecule has 0 saturated heterocycles. The fourth-order valence-corrected chi connectivity index (χ4v) is 1.41. The Kier molecular flexibility index (Phi) is 4.66. The van der Waals surface area contributed by atoms with E-state index in [0.717, 1.165) is 5.56 Å². The molecule has 5 N–H and O–H groups in total. The van der Waals surface area contributed by atoms with Gasteiger partial charge in [-0.15, -0.1) is 0 Å². The zero-order chi connectivity index (χ0) is 12.8. The predicted molar refractivity (Wildman–Crippen MR) is 65.8 cm³/mol. The van der Waals surface area contributed by atoms with E-state index in [1.54, 1.807) is 31.2 Å². The Balaban J connectivity index is 2.63. The molecule has 1 aromatic rings. The number of carbonyl (C=O) groups is 1. The lowest BCUT2D eigenvalue weighted by Gasteiger charge is -2.10. The average Bonchev–Trinajstić information content (AvgIpc) is 2.30. The van der Waals surface area contributed by atoms with Crippen molar-refractivity contribution in [3.63, 3.8) is 0 Å². The van der Waals surface area contributed by atoms with Crippen LogP contribution in [0.25, 0.3) is 0 Å². The Morgan fingerprint density at radius 3 is 2.47 bits per heavy atom. The lowest BCUT2D eigenvalue weighted by Crippen LogP contribution is -2.34. The molecule has 1 atom stereocenters. The van der Waals surface area contributed by atoms with Crippen LogP contribution in [0.15, 0.2) is 24.3 Å². The second-order valence-electron chi connectivity index (χ2n) is 3.67. The van der Waals surface area contributed by atoms with Crippen LogP contribution in [0.5, 0.6) is 0 Å². The second kappa shape index (κ2) is 6.00. The number of esters is 1. The Hall–Kier alpha value is -1.88. The lowest BCUT2D eigenvalue weighted by atomic mass is 10.0. The maximum Gasteiger partial charge on any atom is 0.323 e. The van der Waals surface area contributed by atoms with E-state index in [2.05, 4.69) is 0 Å². The summed E-state index contributed by atoms with van der Waals surface area (Å²) in [4.78, 5) is 11.3. The second-order valence-corrected chi connectivity index (χ2v) is 3.67. The first-order valence-electron chi connectivity index (χ1n) is 5.40. The van der Waals surface area contributed by atoms with Crippen LogP contribution in [0.1, 0.15) is 18.1 Å². The van der Waals surface area contributed by atoms with E-state index in [4.69, 9.17) is 21.6 Å². The molecule has 0 radical (unpaired) electrons. The number of carbonyl (C=O) groups excluding carboxylic acids is 1. The number of nitrogen functional groups attached to an aromatic ring is 1. The summed E-state index contributed by atoms with van der Waals surface area (Å²) in [5, 5.41) is 7.25. The number of amidine groups is 1. The molecule has 0 amide bonds. The molecule has 92 valence electrons. The fourth-order valence-electron chi connectivity index (χ4n) is 1.41. The van der Waals surface area contributed by atoms with E-state index in [1.165, 1.54) is 0 Å². The Morgan fingerprint density at radius 1 is 1.41 bits per heavy atom. The van der Waals surface area contributed by atoms with E-state index in [-0.39, 0.29) is 5.84 Å². The summed E-state index contributed by atoms with van der Waals surface area (Å²) in [5.74, 6) is -0.380. The summed E-state index contributed by atoms with van der Waals surface area (Å²) >= 11 is 0. The SMILES string of the molecule is CCOC(=O)[C@@H](N)Cc1ccc(C(=N)N)cc1. The van der Waals surface area contributed by atoms with Gasteiger partial charge in [0.05, 0.1) is 6.61 Å². The summed E-state index contributed by atoms with van der Waals surface area (Å²) in [7, 11) is 0. The third kappa shape index (κ3) is 3.88. The number of hydrogen-bond donors (Lipinski definition) is 3. The standard InChI is InChI=1S/C12H17N3O2/c1-2-17-12(16)10(13)7-8-3-5-9(6-4-8)11(14)15/h3-6,10H,2,7,13H2,1H3,(H3,14,15)/t10-/m0/s1. The third-order valence-electron chi connectivity index (χ3n) is 2.31. The van der Waals surface area contributed by atoms with Gasteiger partial charge in [-0.3, -0.25) is 10.2 Å². The third-order valence-corrected chi connectivity index (χ3v) is 2.31. The highest BCUT2D eigenvalue weighted by Crippen LogP contribution is 2.06. The number of hydrogen-bond acceptors (Lipinski definition) is 4. The Labute approximate surface area is 100 Å². The molecule has 0 aromatic heterocycles. The summed E-state index contributed by atoms with van der Waals surface area (Å²) < 4.78 is 4.82. The van der Waals surface area contributed by atoms with Gasteiger partial charge < -0.3 is 16.2 Å². The Bertz CT molecular complexity index is 401. The van der Waals surface area contributed by atoms with Crippen molar-refractivity contribution in [2.24, 2.45) is 11.5 Å². The van der Waals surface area contributed by atoms with Crippen molar-refractivity contribution in [1.82, 2.24) is 0 Å². The molecule has 0 aliphatic rings. The van der Waals surface area contributed by atoms with E-state index >= 15 is 0 Å². The molecular weight excluding hydrogens is 218 g/mol. The fraction of sp³-hybridized carbons (Fsp3) is 0.333. The van der Waals surface area contributed by atoms with Crippen LogP contribution in [0.2, 0.25) is 0 Å². The van der Waals surface area contributed by atoms with Crippen molar-refractivity contribution < 1.29 is 9.53 Å². The number of nitrogens with two attached hydrogens (primary N) is 2. The number of nitrogens with one attached hydrogen (secondary N) is 1. The highest BCUT2D eigenvalue weighted by Gasteiger charge is 2.14. The molecule has 5 nitrogen and oxygen atoms in total. The quantitative estimate of drug-likeness (QED) is 0.390. The van der Waals surface area contributed by atoms with Gasteiger partial charge >= 0.3 is 5.97 Å². The van der Waals surface area contributed by atoms with Crippen molar-refractivity contribution in [2.45, 2.75) is 19.4 Å². The van der Waals surface area contributed by atoms with Crippen LogP contribution in [0.4, 0.5) is 0 Å². The zero-order valence-electron chi connectivity index (χ0n) is 9.77. The summed E-state index contributed by atoms with van der Waals surface area (Å²) in [6, 6.07) is 6.41. The van der Waals surface area contributed by atoms with E-state index in [1.807, 2.05) is 0 Å².